The minimum absolute atomic E-state index is 0.0888. The van der Waals surface area contributed by atoms with Crippen molar-refractivity contribution in [2.75, 3.05) is 0 Å². The molecule has 0 radical (unpaired) electrons. The fourth-order valence-electron chi connectivity index (χ4n) is 0.847. The van der Waals surface area contributed by atoms with Crippen molar-refractivity contribution in [1.29, 1.82) is 0 Å². The molecule has 66 valence electrons. The third kappa shape index (κ3) is 2.15. The predicted octanol–water partition coefficient (Wildman–Crippen LogP) is 1.25. The van der Waals surface area contributed by atoms with Gasteiger partial charge in [0.15, 0.2) is 5.82 Å². The fraction of sp³-hybridized carbons (Fsp3) is 0.500. The van der Waals surface area contributed by atoms with E-state index >= 15 is 0 Å². The van der Waals surface area contributed by atoms with Crippen molar-refractivity contribution in [3.63, 3.8) is 0 Å². The number of aromatic nitrogens is 2. The molecule has 1 aromatic rings. The van der Waals surface area contributed by atoms with E-state index in [1.165, 1.54) is 17.8 Å². The monoisotopic (exact) mass is 170 g/mol. The zero-order valence-corrected chi connectivity index (χ0v) is 7.12. The number of hydrogen-bond donors (Lipinski definition) is 0. The van der Waals surface area contributed by atoms with Crippen molar-refractivity contribution in [2.45, 2.75) is 20.4 Å². The van der Waals surface area contributed by atoms with Crippen molar-refractivity contribution in [3.05, 3.63) is 18.2 Å². The Morgan fingerprint density at radius 2 is 2.50 bits per heavy atom. The van der Waals surface area contributed by atoms with Gasteiger partial charge in [-0.2, -0.15) is 5.10 Å². The van der Waals surface area contributed by atoms with E-state index in [0.717, 1.165) is 6.20 Å². The number of ketones is 1. The molecule has 12 heavy (non-hydrogen) atoms. The summed E-state index contributed by atoms with van der Waals surface area (Å²) in [5.74, 6) is -0.388. The van der Waals surface area contributed by atoms with Gasteiger partial charge in [-0.1, -0.05) is 6.92 Å². The molecule has 0 bridgehead atoms. The fourth-order valence-corrected chi connectivity index (χ4v) is 0.847. The van der Waals surface area contributed by atoms with Gasteiger partial charge in [-0.3, -0.25) is 9.48 Å². The average Bonchev–Trinajstić information content (AvgIpc) is 2.35. The van der Waals surface area contributed by atoms with Gasteiger partial charge in [0.25, 0.3) is 0 Å². The van der Waals surface area contributed by atoms with Gasteiger partial charge >= 0.3 is 0 Å². The second-order valence-corrected chi connectivity index (χ2v) is 2.89. The van der Waals surface area contributed by atoms with E-state index in [0.29, 0.717) is 6.54 Å². The highest BCUT2D eigenvalue weighted by Crippen LogP contribution is 2.02. The Labute approximate surface area is 70.2 Å². The van der Waals surface area contributed by atoms with Crippen LogP contribution in [0.4, 0.5) is 4.39 Å². The Morgan fingerprint density at radius 3 is 2.92 bits per heavy atom. The Kier molecular flexibility index (Phi) is 2.58. The van der Waals surface area contributed by atoms with Crippen LogP contribution in [0.2, 0.25) is 0 Å². The minimum atomic E-state index is -0.370. The molecule has 3 nitrogen and oxygen atoms in total. The van der Waals surface area contributed by atoms with Crippen LogP contribution in [-0.2, 0) is 11.3 Å². The van der Waals surface area contributed by atoms with Gasteiger partial charge in [0.05, 0.1) is 18.9 Å². The quantitative estimate of drug-likeness (QED) is 0.684. The maximum Gasteiger partial charge on any atom is 0.161 e. The zero-order chi connectivity index (χ0) is 9.14. The average molecular weight is 170 g/mol. The summed E-state index contributed by atoms with van der Waals surface area (Å²) in [6, 6.07) is 0. The van der Waals surface area contributed by atoms with Gasteiger partial charge in [-0.15, -0.1) is 0 Å². The number of hydrogen-bond acceptors (Lipinski definition) is 2. The van der Waals surface area contributed by atoms with Crippen molar-refractivity contribution < 1.29 is 9.18 Å². The standard InChI is InChI=1S/C8H11FN2O/c1-6(7(2)12)4-11-5-8(9)3-10-11/h3,5-6H,4H2,1-2H3. The van der Waals surface area contributed by atoms with E-state index in [-0.39, 0.29) is 17.5 Å². The Bertz CT molecular complexity index is 282. The molecule has 0 amide bonds. The van der Waals surface area contributed by atoms with Crippen LogP contribution in [0, 0.1) is 11.7 Å². The lowest BCUT2D eigenvalue weighted by atomic mass is 10.1. The predicted molar refractivity (Wildman–Crippen MR) is 42.0 cm³/mol. The molecular formula is C8H11FN2O. The third-order valence-corrected chi connectivity index (χ3v) is 1.76. The molecule has 0 spiro atoms. The van der Waals surface area contributed by atoms with E-state index in [1.54, 1.807) is 6.92 Å². The van der Waals surface area contributed by atoms with Crippen LogP contribution in [0.1, 0.15) is 13.8 Å². The van der Waals surface area contributed by atoms with Crippen molar-refractivity contribution in [1.82, 2.24) is 9.78 Å². The number of Topliss-reactive ketones (excluding diaryl/α,β-unsaturated/α-hetero) is 1. The molecule has 1 heterocycles. The molecule has 0 saturated carbocycles. The first-order chi connectivity index (χ1) is 5.59. The second-order valence-electron chi connectivity index (χ2n) is 2.89. The molecule has 0 aromatic carbocycles. The first kappa shape index (κ1) is 8.90. The Morgan fingerprint density at radius 1 is 1.83 bits per heavy atom. The SMILES string of the molecule is CC(=O)C(C)Cn1cc(F)cn1. The van der Waals surface area contributed by atoms with Crippen LogP contribution >= 0.6 is 0 Å². The summed E-state index contributed by atoms with van der Waals surface area (Å²) >= 11 is 0. The van der Waals surface area contributed by atoms with Crippen LogP contribution in [0.5, 0.6) is 0 Å². The number of halogens is 1. The van der Waals surface area contributed by atoms with Gasteiger partial charge in [-0.25, -0.2) is 4.39 Å². The van der Waals surface area contributed by atoms with Crippen LogP contribution in [-0.4, -0.2) is 15.6 Å². The Hall–Kier alpha value is -1.19. The van der Waals surface area contributed by atoms with Crippen molar-refractivity contribution in [2.24, 2.45) is 5.92 Å². The molecular weight excluding hydrogens is 159 g/mol. The van der Waals surface area contributed by atoms with Gasteiger partial charge < -0.3 is 0 Å². The molecule has 1 unspecified atom stereocenters. The smallest absolute Gasteiger partial charge is 0.161 e. The molecule has 0 fully saturated rings. The van der Waals surface area contributed by atoms with Crippen molar-refractivity contribution >= 4 is 5.78 Å². The van der Waals surface area contributed by atoms with Gasteiger partial charge in [0.2, 0.25) is 0 Å². The molecule has 0 aliphatic heterocycles. The van der Waals surface area contributed by atoms with E-state index in [9.17, 15) is 9.18 Å². The van der Waals surface area contributed by atoms with Crippen molar-refractivity contribution in [3.8, 4) is 0 Å². The topological polar surface area (TPSA) is 34.9 Å². The summed E-state index contributed by atoms with van der Waals surface area (Å²) in [4.78, 5) is 10.8. The summed E-state index contributed by atoms with van der Waals surface area (Å²) in [5.41, 5.74) is 0. The van der Waals surface area contributed by atoms with Crippen LogP contribution in [0.3, 0.4) is 0 Å². The maximum absolute atomic E-state index is 12.4. The van der Waals surface area contributed by atoms with Crippen LogP contribution in [0.15, 0.2) is 12.4 Å². The molecule has 1 aromatic heterocycles. The van der Waals surface area contributed by atoms with Gasteiger partial charge in [-0.05, 0) is 6.92 Å². The number of nitrogens with zero attached hydrogens (tertiary/aromatic N) is 2. The number of carbonyl (C=O) groups is 1. The normalized spacial score (nSPS) is 12.9. The first-order valence-corrected chi connectivity index (χ1v) is 3.78. The molecule has 1 atom stereocenters. The summed E-state index contributed by atoms with van der Waals surface area (Å²) in [6.07, 6.45) is 2.41. The summed E-state index contributed by atoms with van der Waals surface area (Å²) in [7, 11) is 0. The molecule has 0 aliphatic carbocycles. The van der Waals surface area contributed by atoms with E-state index in [1.807, 2.05) is 0 Å². The summed E-state index contributed by atoms with van der Waals surface area (Å²) in [6.45, 7) is 3.76. The lowest BCUT2D eigenvalue weighted by Crippen LogP contribution is -2.14. The van der Waals surface area contributed by atoms with Gasteiger partial charge in [0, 0.05) is 5.92 Å². The first-order valence-electron chi connectivity index (χ1n) is 3.78. The zero-order valence-electron chi connectivity index (χ0n) is 7.12. The number of carbonyl (C=O) groups excluding carboxylic acids is 1. The molecule has 4 heteroatoms. The highest BCUT2D eigenvalue weighted by Gasteiger charge is 2.08. The van der Waals surface area contributed by atoms with Gasteiger partial charge in [0.1, 0.15) is 5.78 Å². The largest absolute Gasteiger partial charge is 0.300 e. The highest BCUT2D eigenvalue weighted by molar-refractivity contribution is 5.77. The number of rotatable bonds is 3. The van der Waals surface area contributed by atoms with Crippen LogP contribution < -0.4 is 0 Å². The molecule has 0 N–H and O–H groups in total. The third-order valence-electron chi connectivity index (χ3n) is 1.76. The van der Waals surface area contributed by atoms with E-state index in [4.69, 9.17) is 0 Å². The molecule has 0 aliphatic rings. The summed E-state index contributed by atoms with van der Waals surface area (Å²) < 4.78 is 13.8. The highest BCUT2D eigenvalue weighted by atomic mass is 19.1. The van der Waals surface area contributed by atoms with E-state index in [2.05, 4.69) is 5.10 Å². The maximum atomic E-state index is 12.4. The molecule has 0 saturated heterocycles. The summed E-state index contributed by atoms with van der Waals surface area (Å²) in [5, 5.41) is 3.73. The minimum Gasteiger partial charge on any atom is -0.300 e. The second kappa shape index (κ2) is 3.47. The molecule has 1 rings (SSSR count). The van der Waals surface area contributed by atoms with E-state index < -0.39 is 0 Å². The van der Waals surface area contributed by atoms with Crippen LogP contribution in [0.25, 0.3) is 0 Å². The Balaban J connectivity index is 2.58. The lowest BCUT2D eigenvalue weighted by Gasteiger charge is -2.06. The lowest BCUT2D eigenvalue weighted by molar-refractivity contribution is -0.120.